The molecule has 3 aromatic rings. The lowest BCUT2D eigenvalue weighted by molar-refractivity contribution is 0.0950. The number of pyridine rings is 2. The number of anilines is 1. The Labute approximate surface area is 164 Å². The summed E-state index contributed by atoms with van der Waals surface area (Å²) in [4.78, 5) is 23.8. The lowest BCUT2D eigenvalue weighted by Crippen LogP contribution is -2.30. The molecule has 1 aliphatic heterocycles. The molecule has 146 valence electrons. The molecule has 0 aromatic carbocycles. The number of aromatic nitrogens is 4. The number of rotatable bonds is 5. The Balaban J connectivity index is 1.39. The van der Waals surface area contributed by atoms with Gasteiger partial charge in [0.05, 0.1) is 11.8 Å². The smallest absolute Gasteiger partial charge is 0.253 e. The van der Waals surface area contributed by atoms with E-state index in [1.807, 2.05) is 29.1 Å². The van der Waals surface area contributed by atoms with Crippen LogP contribution in [-0.2, 0) is 6.54 Å². The second kappa shape index (κ2) is 7.96. The quantitative estimate of drug-likeness (QED) is 0.737. The highest BCUT2D eigenvalue weighted by molar-refractivity contribution is 5.96. The van der Waals surface area contributed by atoms with Gasteiger partial charge in [-0.3, -0.25) is 4.79 Å². The molecule has 1 N–H and O–H groups in total. The molecule has 0 bridgehead atoms. The predicted octanol–water partition coefficient (Wildman–Crippen LogP) is 3.33. The predicted molar refractivity (Wildman–Crippen MR) is 109 cm³/mol. The summed E-state index contributed by atoms with van der Waals surface area (Å²) in [5.41, 5.74) is 2.31. The van der Waals surface area contributed by atoms with Gasteiger partial charge in [0.2, 0.25) is 0 Å². The highest BCUT2D eigenvalue weighted by Gasteiger charge is 2.13. The molecule has 0 saturated carbocycles. The highest BCUT2D eigenvalue weighted by atomic mass is 16.1. The zero-order chi connectivity index (χ0) is 19.5. The van der Waals surface area contributed by atoms with Crippen LogP contribution >= 0.6 is 0 Å². The van der Waals surface area contributed by atoms with Gasteiger partial charge < -0.3 is 10.2 Å². The minimum atomic E-state index is -0.146. The average molecular weight is 378 g/mol. The fourth-order valence-electron chi connectivity index (χ4n) is 3.56. The van der Waals surface area contributed by atoms with Crippen molar-refractivity contribution in [3.63, 3.8) is 0 Å². The standard InChI is InChI=1S/C21H26N6O/c1-15(2)27-20-17(14-25-27)10-18(13-23-20)21(28)24-12-16-6-7-19(22-11-16)26-8-4-3-5-9-26/h6-7,10-11,13-15H,3-5,8-9,12H2,1-2H3,(H,24,28). The summed E-state index contributed by atoms with van der Waals surface area (Å²) in [5.74, 6) is 0.874. The molecule has 3 aromatic heterocycles. The summed E-state index contributed by atoms with van der Waals surface area (Å²) in [5, 5.41) is 8.16. The first-order valence-electron chi connectivity index (χ1n) is 9.93. The fraction of sp³-hybridized carbons (Fsp3) is 0.429. The van der Waals surface area contributed by atoms with Crippen molar-refractivity contribution in [2.75, 3.05) is 18.0 Å². The fourth-order valence-corrected chi connectivity index (χ4v) is 3.56. The maximum atomic E-state index is 12.5. The van der Waals surface area contributed by atoms with Gasteiger partial charge in [-0.1, -0.05) is 6.07 Å². The van der Waals surface area contributed by atoms with E-state index in [-0.39, 0.29) is 11.9 Å². The summed E-state index contributed by atoms with van der Waals surface area (Å²) in [6.45, 7) is 6.70. The second-order valence-electron chi connectivity index (χ2n) is 7.57. The maximum absolute atomic E-state index is 12.5. The Morgan fingerprint density at radius 3 is 2.64 bits per heavy atom. The molecule has 0 aliphatic carbocycles. The first-order chi connectivity index (χ1) is 13.6. The molecule has 0 radical (unpaired) electrons. The zero-order valence-electron chi connectivity index (χ0n) is 16.4. The maximum Gasteiger partial charge on any atom is 0.253 e. The highest BCUT2D eigenvalue weighted by Crippen LogP contribution is 2.18. The molecule has 0 atom stereocenters. The van der Waals surface area contributed by atoms with E-state index in [2.05, 4.69) is 39.1 Å². The van der Waals surface area contributed by atoms with Crippen molar-refractivity contribution in [3.05, 3.63) is 47.9 Å². The summed E-state index contributed by atoms with van der Waals surface area (Å²) in [7, 11) is 0. The van der Waals surface area contributed by atoms with Crippen molar-refractivity contribution in [1.29, 1.82) is 0 Å². The first-order valence-corrected chi connectivity index (χ1v) is 9.93. The SMILES string of the molecule is CC(C)n1ncc2cc(C(=O)NCc3ccc(N4CCCCC4)nc3)cnc21. The van der Waals surface area contributed by atoms with Crippen LogP contribution in [0.3, 0.4) is 0 Å². The van der Waals surface area contributed by atoms with Crippen LogP contribution in [0.1, 0.15) is 55.1 Å². The largest absolute Gasteiger partial charge is 0.357 e. The Morgan fingerprint density at radius 1 is 1.11 bits per heavy atom. The van der Waals surface area contributed by atoms with Gasteiger partial charge in [-0.25, -0.2) is 14.6 Å². The third-order valence-corrected chi connectivity index (χ3v) is 5.13. The molecule has 1 saturated heterocycles. The molecule has 1 aliphatic rings. The molecular weight excluding hydrogens is 352 g/mol. The Bertz CT molecular complexity index is 957. The van der Waals surface area contributed by atoms with Gasteiger partial charge in [0.25, 0.3) is 5.91 Å². The minimum Gasteiger partial charge on any atom is -0.357 e. The Kier molecular flexibility index (Phi) is 5.23. The third-order valence-electron chi connectivity index (χ3n) is 5.13. The summed E-state index contributed by atoms with van der Waals surface area (Å²) >= 11 is 0. The number of carbonyl (C=O) groups is 1. The van der Waals surface area contributed by atoms with E-state index < -0.39 is 0 Å². The van der Waals surface area contributed by atoms with Gasteiger partial charge in [-0.15, -0.1) is 0 Å². The van der Waals surface area contributed by atoms with E-state index in [4.69, 9.17) is 0 Å². The van der Waals surface area contributed by atoms with E-state index in [1.54, 1.807) is 12.4 Å². The van der Waals surface area contributed by atoms with Crippen LogP contribution in [0.15, 0.2) is 36.8 Å². The molecular formula is C21H26N6O. The van der Waals surface area contributed by atoms with E-state index >= 15 is 0 Å². The van der Waals surface area contributed by atoms with Crippen molar-refractivity contribution in [3.8, 4) is 0 Å². The molecule has 4 rings (SSSR count). The van der Waals surface area contributed by atoms with Gasteiger partial charge in [0.15, 0.2) is 5.65 Å². The van der Waals surface area contributed by atoms with E-state index in [9.17, 15) is 4.79 Å². The number of nitrogens with one attached hydrogen (secondary N) is 1. The molecule has 0 unspecified atom stereocenters. The molecule has 4 heterocycles. The number of carbonyl (C=O) groups excluding carboxylic acids is 1. The van der Waals surface area contributed by atoms with Gasteiger partial charge >= 0.3 is 0 Å². The third kappa shape index (κ3) is 3.83. The van der Waals surface area contributed by atoms with Gasteiger partial charge in [0, 0.05) is 43.5 Å². The van der Waals surface area contributed by atoms with E-state index in [0.29, 0.717) is 12.1 Å². The topological polar surface area (TPSA) is 75.9 Å². The van der Waals surface area contributed by atoms with Gasteiger partial charge in [-0.2, -0.15) is 5.10 Å². The normalized spacial score (nSPS) is 14.6. The lowest BCUT2D eigenvalue weighted by Gasteiger charge is -2.27. The van der Waals surface area contributed by atoms with Crippen LogP contribution in [0.5, 0.6) is 0 Å². The Hall–Kier alpha value is -2.96. The number of fused-ring (bicyclic) bond motifs is 1. The molecule has 7 heteroatoms. The number of piperidine rings is 1. The van der Waals surface area contributed by atoms with Gasteiger partial charge in [-0.05, 0) is 50.8 Å². The summed E-state index contributed by atoms with van der Waals surface area (Å²) in [6, 6.07) is 6.14. The summed E-state index contributed by atoms with van der Waals surface area (Å²) < 4.78 is 1.85. The molecule has 7 nitrogen and oxygen atoms in total. The van der Waals surface area contributed by atoms with Crippen LogP contribution in [0.4, 0.5) is 5.82 Å². The minimum absolute atomic E-state index is 0.146. The van der Waals surface area contributed by atoms with Crippen molar-refractivity contribution in [2.24, 2.45) is 0 Å². The number of hydrogen-bond donors (Lipinski definition) is 1. The average Bonchev–Trinajstić information content (AvgIpc) is 3.16. The number of hydrogen-bond acceptors (Lipinski definition) is 5. The molecule has 1 fully saturated rings. The van der Waals surface area contributed by atoms with E-state index in [0.717, 1.165) is 35.5 Å². The van der Waals surface area contributed by atoms with Crippen molar-refractivity contribution in [1.82, 2.24) is 25.1 Å². The lowest BCUT2D eigenvalue weighted by atomic mass is 10.1. The second-order valence-corrected chi connectivity index (χ2v) is 7.57. The van der Waals surface area contributed by atoms with Gasteiger partial charge in [0.1, 0.15) is 5.82 Å². The van der Waals surface area contributed by atoms with Crippen molar-refractivity contribution in [2.45, 2.75) is 45.7 Å². The number of amides is 1. The van der Waals surface area contributed by atoms with Crippen LogP contribution in [0, 0.1) is 0 Å². The zero-order valence-corrected chi connectivity index (χ0v) is 16.4. The molecule has 0 spiro atoms. The molecule has 1 amide bonds. The van der Waals surface area contributed by atoms with Crippen LogP contribution < -0.4 is 10.2 Å². The van der Waals surface area contributed by atoms with Crippen LogP contribution in [-0.4, -0.2) is 38.7 Å². The first kappa shape index (κ1) is 18.4. The van der Waals surface area contributed by atoms with E-state index in [1.165, 1.54) is 19.3 Å². The van der Waals surface area contributed by atoms with Crippen LogP contribution in [0.2, 0.25) is 0 Å². The summed E-state index contributed by atoms with van der Waals surface area (Å²) in [6.07, 6.45) is 8.97. The number of nitrogens with zero attached hydrogens (tertiary/aromatic N) is 5. The van der Waals surface area contributed by atoms with Crippen molar-refractivity contribution >= 4 is 22.8 Å². The van der Waals surface area contributed by atoms with Crippen molar-refractivity contribution < 1.29 is 4.79 Å². The monoisotopic (exact) mass is 378 g/mol. The van der Waals surface area contributed by atoms with Crippen LogP contribution in [0.25, 0.3) is 11.0 Å². The molecule has 28 heavy (non-hydrogen) atoms. The Morgan fingerprint density at radius 2 is 1.93 bits per heavy atom.